The molecule has 3 rings (SSSR count). The summed E-state index contributed by atoms with van der Waals surface area (Å²) in [5.74, 6) is 0.304. The predicted octanol–water partition coefficient (Wildman–Crippen LogP) is 1.68. The van der Waals surface area contributed by atoms with E-state index in [1.807, 2.05) is 18.2 Å². The topological polar surface area (TPSA) is 64.3 Å². The van der Waals surface area contributed by atoms with E-state index in [0.29, 0.717) is 11.5 Å². The first-order valence-electron chi connectivity index (χ1n) is 6.61. The highest BCUT2D eigenvalue weighted by Crippen LogP contribution is 2.37. The second-order valence-corrected chi connectivity index (χ2v) is 6.05. The molecule has 1 saturated carbocycles. The van der Waals surface area contributed by atoms with Crippen molar-refractivity contribution >= 4 is 21.8 Å². The summed E-state index contributed by atoms with van der Waals surface area (Å²) in [4.78, 5) is 12.2. The molecule has 2 fully saturated rings. The van der Waals surface area contributed by atoms with Gasteiger partial charge in [0.1, 0.15) is 0 Å². The fraction of sp³-hybridized carbons (Fsp3) is 0.500. The van der Waals surface area contributed by atoms with Crippen molar-refractivity contribution in [2.24, 2.45) is 11.7 Å². The number of amides is 1. The first-order valence-corrected chi connectivity index (χ1v) is 7.40. The van der Waals surface area contributed by atoms with Crippen molar-refractivity contribution in [1.29, 1.82) is 0 Å². The van der Waals surface area contributed by atoms with Gasteiger partial charge in [-0.1, -0.05) is 12.1 Å². The van der Waals surface area contributed by atoms with Crippen molar-refractivity contribution in [3.63, 3.8) is 0 Å². The molecule has 1 heterocycles. The lowest BCUT2D eigenvalue weighted by molar-refractivity contribution is -0.117. The SMILES string of the molecule is NC1C2CCCOC2C1NC(=O)c1ccccc1Br. The summed E-state index contributed by atoms with van der Waals surface area (Å²) < 4.78 is 6.51. The van der Waals surface area contributed by atoms with Crippen molar-refractivity contribution in [1.82, 2.24) is 5.32 Å². The molecule has 1 aliphatic heterocycles. The van der Waals surface area contributed by atoms with Crippen molar-refractivity contribution in [3.8, 4) is 0 Å². The van der Waals surface area contributed by atoms with Crippen LogP contribution in [-0.2, 0) is 4.74 Å². The number of benzene rings is 1. The van der Waals surface area contributed by atoms with E-state index in [9.17, 15) is 4.79 Å². The average molecular weight is 325 g/mol. The molecule has 5 heteroatoms. The summed E-state index contributed by atoms with van der Waals surface area (Å²) in [6, 6.07) is 7.33. The Hall–Kier alpha value is -0.910. The van der Waals surface area contributed by atoms with E-state index < -0.39 is 0 Å². The van der Waals surface area contributed by atoms with Crippen molar-refractivity contribution in [2.45, 2.75) is 31.0 Å². The van der Waals surface area contributed by atoms with Crippen LogP contribution >= 0.6 is 15.9 Å². The second kappa shape index (κ2) is 5.23. The summed E-state index contributed by atoms with van der Waals surface area (Å²) in [5, 5.41) is 3.00. The van der Waals surface area contributed by atoms with Gasteiger partial charge in [-0.05, 0) is 40.9 Å². The minimum absolute atomic E-state index is 0.0109. The van der Waals surface area contributed by atoms with Crippen LogP contribution in [-0.4, -0.2) is 30.7 Å². The molecule has 1 amide bonds. The Morgan fingerprint density at radius 3 is 3.00 bits per heavy atom. The van der Waals surface area contributed by atoms with E-state index in [-0.39, 0.29) is 24.1 Å². The molecule has 2 aliphatic rings. The summed E-state index contributed by atoms with van der Waals surface area (Å²) in [5.41, 5.74) is 6.77. The number of rotatable bonds is 2. The fourth-order valence-electron chi connectivity index (χ4n) is 3.00. The number of hydrogen-bond acceptors (Lipinski definition) is 3. The zero-order valence-corrected chi connectivity index (χ0v) is 12.1. The van der Waals surface area contributed by atoms with Crippen LogP contribution in [0.1, 0.15) is 23.2 Å². The summed E-state index contributed by atoms with van der Waals surface area (Å²) >= 11 is 3.39. The highest BCUT2D eigenvalue weighted by atomic mass is 79.9. The number of hydrogen-bond donors (Lipinski definition) is 2. The third-order valence-electron chi connectivity index (χ3n) is 4.09. The van der Waals surface area contributed by atoms with Crippen LogP contribution in [0, 0.1) is 5.92 Å². The van der Waals surface area contributed by atoms with E-state index in [1.54, 1.807) is 6.07 Å². The van der Waals surface area contributed by atoms with Crippen LogP contribution in [0.3, 0.4) is 0 Å². The van der Waals surface area contributed by atoms with Gasteiger partial charge < -0.3 is 15.8 Å². The Morgan fingerprint density at radius 2 is 2.21 bits per heavy atom. The Bertz CT molecular complexity index is 494. The molecule has 0 aromatic heterocycles. The Morgan fingerprint density at radius 1 is 1.42 bits per heavy atom. The van der Waals surface area contributed by atoms with E-state index >= 15 is 0 Å². The molecule has 1 aromatic carbocycles. The molecule has 4 unspecified atom stereocenters. The molecule has 0 radical (unpaired) electrons. The zero-order valence-electron chi connectivity index (χ0n) is 10.5. The lowest BCUT2D eigenvalue weighted by atomic mass is 9.68. The average Bonchev–Trinajstić information content (AvgIpc) is 2.44. The van der Waals surface area contributed by atoms with E-state index in [0.717, 1.165) is 23.9 Å². The van der Waals surface area contributed by atoms with E-state index in [2.05, 4.69) is 21.2 Å². The summed E-state index contributed by atoms with van der Waals surface area (Å²) in [7, 11) is 0. The van der Waals surface area contributed by atoms with Gasteiger partial charge in [-0.3, -0.25) is 4.79 Å². The standard InChI is InChI=1S/C14H17BrN2O2/c15-10-6-2-1-4-8(10)14(18)17-12-11(16)9-5-3-7-19-13(9)12/h1-2,4,6,9,11-13H,3,5,7,16H2,(H,17,18). The molecule has 4 atom stereocenters. The van der Waals surface area contributed by atoms with Crippen LogP contribution in [0.25, 0.3) is 0 Å². The molecular weight excluding hydrogens is 308 g/mol. The van der Waals surface area contributed by atoms with Crippen molar-refractivity contribution < 1.29 is 9.53 Å². The lowest BCUT2D eigenvalue weighted by Gasteiger charge is -2.52. The molecule has 0 spiro atoms. The minimum Gasteiger partial charge on any atom is -0.376 e. The maximum absolute atomic E-state index is 12.2. The molecule has 1 aromatic rings. The molecule has 1 saturated heterocycles. The van der Waals surface area contributed by atoms with Crippen LogP contribution in [0.15, 0.2) is 28.7 Å². The molecule has 3 N–H and O–H groups in total. The Balaban J connectivity index is 1.69. The van der Waals surface area contributed by atoms with Crippen molar-refractivity contribution in [2.75, 3.05) is 6.61 Å². The summed E-state index contributed by atoms with van der Waals surface area (Å²) in [6.45, 7) is 0.773. The number of fused-ring (bicyclic) bond motifs is 1. The lowest BCUT2D eigenvalue weighted by Crippen LogP contribution is -2.72. The van der Waals surface area contributed by atoms with Gasteiger partial charge in [0.15, 0.2) is 0 Å². The smallest absolute Gasteiger partial charge is 0.252 e. The molecule has 1 aliphatic carbocycles. The van der Waals surface area contributed by atoms with E-state index in [1.165, 1.54) is 0 Å². The minimum atomic E-state index is -0.0967. The monoisotopic (exact) mass is 324 g/mol. The number of nitrogens with one attached hydrogen (secondary N) is 1. The van der Waals surface area contributed by atoms with Crippen LogP contribution in [0.2, 0.25) is 0 Å². The highest BCUT2D eigenvalue weighted by molar-refractivity contribution is 9.10. The highest BCUT2D eigenvalue weighted by Gasteiger charge is 2.51. The number of carbonyl (C=O) groups is 1. The maximum Gasteiger partial charge on any atom is 0.252 e. The third-order valence-corrected chi connectivity index (χ3v) is 4.78. The first-order chi connectivity index (χ1) is 9.18. The van der Waals surface area contributed by atoms with Gasteiger partial charge in [0.25, 0.3) is 5.91 Å². The maximum atomic E-state index is 12.2. The van der Waals surface area contributed by atoms with Gasteiger partial charge in [0.2, 0.25) is 0 Å². The van der Waals surface area contributed by atoms with Gasteiger partial charge in [-0.2, -0.15) is 0 Å². The van der Waals surface area contributed by atoms with Gasteiger partial charge in [-0.15, -0.1) is 0 Å². The van der Waals surface area contributed by atoms with Gasteiger partial charge >= 0.3 is 0 Å². The van der Waals surface area contributed by atoms with Gasteiger partial charge in [0, 0.05) is 23.0 Å². The Labute approximate surface area is 120 Å². The molecule has 4 nitrogen and oxygen atoms in total. The Kier molecular flexibility index (Phi) is 3.60. The summed E-state index contributed by atoms with van der Waals surface area (Å²) in [6.07, 6.45) is 2.27. The second-order valence-electron chi connectivity index (χ2n) is 5.20. The molecule has 19 heavy (non-hydrogen) atoms. The number of nitrogens with two attached hydrogens (primary N) is 1. The van der Waals surface area contributed by atoms with Crippen LogP contribution in [0.4, 0.5) is 0 Å². The normalized spacial score (nSPS) is 33.2. The van der Waals surface area contributed by atoms with E-state index in [4.69, 9.17) is 10.5 Å². The van der Waals surface area contributed by atoms with Gasteiger partial charge in [0.05, 0.1) is 17.7 Å². The molecule has 102 valence electrons. The molecule has 0 bridgehead atoms. The number of ether oxygens (including phenoxy) is 1. The van der Waals surface area contributed by atoms with Crippen molar-refractivity contribution in [3.05, 3.63) is 34.3 Å². The third kappa shape index (κ3) is 2.30. The fourth-order valence-corrected chi connectivity index (χ4v) is 3.47. The van der Waals surface area contributed by atoms with Crippen LogP contribution in [0.5, 0.6) is 0 Å². The number of halogens is 1. The zero-order chi connectivity index (χ0) is 13.4. The molecular formula is C14H17BrN2O2. The predicted molar refractivity (Wildman–Crippen MR) is 75.8 cm³/mol. The quantitative estimate of drug-likeness (QED) is 0.870. The van der Waals surface area contributed by atoms with Gasteiger partial charge in [-0.25, -0.2) is 0 Å². The first kappa shape index (κ1) is 13.1. The largest absolute Gasteiger partial charge is 0.376 e. The number of carbonyl (C=O) groups excluding carboxylic acids is 1. The van der Waals surface area contributed by atoms with Crippen LogP contribution < -0.4 is 11.1 Å².